The molecule has 2 aromatic carbocycles. The van der Waals surface area contributed by atoms with Crippen molar-refractivity contribution in [2.75, 3.05) is 18.9 Å². The second-order valence-corrected chi connectivity index (χ2v) is 6.62. The number of anilines is 1. The summed E-state index contributed by atoms with van der Waals surface area (Å²) in [5, 5.41) is 0.230. The normalized spacial score (nSPS) is 11.1. The minimum absolute atomic E-state index is 0.0872. The number of hydrogen-bond acceptors (Lipinski definition) is 4. The SMILES string of the molecule is COc1cc(C)c(S(=O)(=O)Nc2ccccc2OC)cc1Cl. The largest absolute Gasteiger partial charge is 0.495 e. The first-order valence-corrected chi connectivity index (χ1v) is 8.25. The number of para-hydroxylation sites is 2. The molecule has 0 spiro atoms. The maximum absolute atomic E-state index is 12.6. The lowest BCUT2D eigenvalue weighted by atomic mass is 10.2. The molecule has 0 bridgehead atoms. The van der Waals surface area contributed by atoms with Crippen LogP contribution in [-0.2, 0) is 10.0 Å². The highest BCUT2D eigenvalue weighted by molar-refractivity contribution is 7.92. The molecule has 0 atom stereocenters. The van der Waals surface area contributed by atoms with E-state index >= 15 is 0 Å². The molecule has 118 valence electrons. The Bertz CT molecular complexity index is 790. The van der Waals surface area contributed by atoms with Crippen molar-refractivity contribution in [2.24, 2.45) is 0 Å². The molecule has 0 saturated heterocycles. The fourth-order valence-electron chi connectivity index (χ4n) is 2.01. The number of benzene rings is 2. The van der Waals surface area contributed by atoms with E-state index in [1.165, 1.54) is 20.3 Å². The molecule has 0 radical (unpaired) electrons. The lowest BCUT2D eigenvalue weighted by Gasteiger charge is -2.14. The minimum Gasteiger partial charge on any atom is -0.495 e. The molecule has 5 nitrogen and oxygen atoms in total. The molecular weight excluding hydrogens is 326 g/mol. The van der Waals surface area contributed by atoms with E-state index in [1.54, 1.807) is 37.3 Å². The topological polar surface area (TPSA) is 64.6 Å². The van der Waals surface area contributed by atoms with Gasteiger partial charge in [0.2, 0.25) is 0 Å². The summed E-state index contributed by atoms with van der Waals surface area (Å²) in [5.41, 5.74) is 0.889. The molecule has 1 N–H and O–H groups in total. The van der Waals surface area contributed by atoms with E-state index < -0.39 is 10.0 Å². The van der Waals surface area contributed by atoms with E-state index in [4.69, 9.17) is 21.1 Å². The predicted molar refractivity (Wildman–Crippen MR) is 86.5 cm³/mol. The van der Waals surface area contributed by atoms with E-state index in [2.05, 4.69) is 4.72 Å². The van der Waals surface area contributed by atoms with Crippen molar-refractivity contribution < 1.29 is 17.9 Å². The zero-order valence-electron chi connectivity index (χ0n) is 12.4. The van der Waals surface area contributed by atoms with Gasteiger partial charge in [0.05, 0.1) is 29.8 Å². The van der Waals surface area contributed by atoms with Crippen LogP contribution in [0.25, 0.3) is 0 Å². The number of methoxy groups -OCH3 is 2. The highest BCUT2D eigenvalue weighted by atomic mass is 35.5. The predicted octanol–water partition coefficient (Wildman–Crippen LogP) is 3.47. The highest BCUT2D eigenvalue weighted by Gasteiger charge is 2.20. The summed E-state index contributed by atoms with van der Waals surface area (Å²) in [5.74, 6) is 0.860. The monoisotopic (exact) mass is 341 g/mol. The molecule has 7 heteroatoms. The van der Waals surface area contributed by atoms with E-state index in [9.17, 15) is 8.42 Å². The molecule has 0 fully saturated rings. The van der Waals surface area contributed by atoms with Crippen molar-refractivity contribution in [2.45, 2.75) is 11.8 Å². The Hall–Kier alpha value is -1.92. The van der Waals surface area contributed by atoms with E-state index in [1.807, 2.05) is 0 Å². The van der Waals surface area contributed by atoms with Gasteiger partial charge < -0.3 is 9.47 Å². The van der Waals surface area contributed by atoms with Crippen LogP contribution in [0.5, 0.6) is 11.5 Å². The standard InChI is InChI=1S/C15H16ClNO4S/c1-10-8-14(21-3)11(16)9-15(10)22(18,19)17-12-6-4-5-7-13(12)20-2/h4-9,17H,1-3H3. The fraction of sp³-hybridized carbons (Fsp3) is 0.200. The Morgan fingerprint density at radius 3 is 2.32 bits per heavy atom. The molecule has 0 aliphatic heterocycles. The van der Waals surface area contributed by atoms with Gasteiger partial charge in [0.1, 0.15) is 11.5 Å². The van der Waals surface area contributed by atoms with Crippen molar-refractivity contribution in [3.8, 4) is 11.5 Å². The summed E-state index contributed by atoms with van der Waals surface area (Å²) >= 11 is 6.03. The van der Waals surface area contributed by atoms with Crippen LogP contribution in [0.1, 0.15) is 5.56 Å². The molecule has 0 unspecified atom stereocenters. The van der Waals surface area contributed by atoms with Crippen LogP contribution in [0.4, 0.5) is 5.69 Å². The molecule has 22 heavy (non-hydrogen) atoms. The third kappa shape index (κ3) is 3.28. The van der Waals surface area contributed by atoms with Crippen LogP contribution in [0.2, 0.25) is 5.02 Å². The lowest BCUT2D eigenvalue weighted by Crippen LogP contribution is -2.15. The van der Waals surface area contributed by atoms with E-state index in [0.717, 1.165) is 0 Å². The van der Waals surface area contributed by atoms with Crippen molar-refractivity contribution in [3.63, 3.8) is 0 Å². The number of rotatable bonds is 5. The van der Waals surface area contributed by atoms with Gasteiger partial charge in [-0.1, -0.05) is 23.7 Å². The number of halogens is 1. The first kappa shape index (κ1) is 16.5. The maximum Gasteiger partial charge on any atom is 0.262 e. The van der Waals surface area contributed by atoms with Gasteiger partial charge in [-0.25, -0.2) is 8.42 Å². The number of aryl methyl sites for hydroxylation is 1. The molecule has 0 aromatic heterocycles. The Balaban J connectivity index is 2.45. The first-order chi connectivity index (χ1) is 10.4. The molecule has 0 amide bonds. The van der Waals surface area contributed by atoms with Crippen LogP contribution >= 0.6 is 11.6 Å². The van der Waals surface area contributed by atoms with Crippen LogP contribution in [0, 0.1) is 6.92 Å². The summed E-state index contributed by atoms with van der Waals surface area (Å²) in [6.07, 6.45) is 0. The van der Waals surface area contributed by atoms with Crippen molar-refractivity contribution >= 4 is 27.3 Å². The van der Waals surface area contributed by atoms with Crippen LogP contribution < -0.4 is 14.2 Å². The van der Waals surface area contributed by atoms with Crippen molar-refractivity contribution in [1.82, 2.24) is 0 Å². The fourth-order valence-corrected chi connectivity index (χ4v) is 3.64. The van der Waals surface area contributed by atoms with Crippen LogP contribution in [0.3, 0.4) is 0 Å². The second kappa shape index (κ2) is 6.46. The number of sulfonamides is 1. The Kier molecular flexibility index (Phi) is 4.83. The summed E-state index contributed by atoms with van der Waals surface area (Å²) in [4.78, 5) is 0.0872. The Morgan fingerprint density at radius 1 is 1.05 bits per heavy atom. The van der Waals surface area contributed by atoms with E-state index in [0.29, 0.717) is 22.7 Å². The summed E-state index contributed by atoms with van der Waals surface area (Å²) < 4.78 is 37.9. The first-order valence-electron chi connectivity index (χ1n) is 6.39. The molecular formula is C15H16ClNO4S. The van der Waals surface area contributed by atoms with Crippen LogP contribution in [0.15, 0.2) is 41.3 Å². The minimum atomic E-state index is -3.79. The molecule has 0 aliphatic rings. The smallest absolute Gasteiger partial charge is 0.262 e. The highest BCUT2D eigenvalue weighted by Crippen LogP contribution is 2.32. The molecule has 0 heterocycles. The third-order valence-corrected chi connectivity index (χ3v) is 4.89. The van der Waals surface area contributed by atoms with Crippen LogP contribution in [-0.4, -0.2) is 22.6 Å². The number of ether oxygens (including phenoxy) is 2. The van der Waals surface area contributed by atoms with E-state index in [-0.39, 0.29) is 9.92 Å². The zero-order valence-corrected chi connectivity index (χ0v) is 14.0. The number of hydrogen-bond donors (Lipinski definition) is 1. The average Bonchev–Trinajstić information content (AvgIpc) is 2.49. The second-order valence-electron chi connectivity index (χ2n) is 4.56. The van der Waals surface area contributed by atoms with Crippen molar-refractivity contribution in [1.29, 1.82) is 0 Å². The molecule has 0 saturated carbocycles. The Morgan fingerprint density at radius 2 is 1.68 bits per heavy atom. The van der Waals surface area contributed by atoms with Gasteiger partial charge in [-0.05, 0) is 36.8 Å². The lowest BCUT2D eigenvalue weighted by molar-refractivity contribution is 0.414. The number of nitrogens with one attached hydrogen (secondary N) is 1. The summed E-state index contributed by atoms with van der Waals surface area (Å²) in [7, 11) is -0.845. The summed E-state index contributed by atoms with van der Waals surface area (Å²) in [6, 6.07) is 9.72. The van der Waals surface area contributed by atoms with Gasteiger partial charge in [-0.3, -0.25) is 4.72 Å². The van der Waals surface area contributed by atoms with Crippen molar-refractivity contribution in [3.05, 3.63) is 47.0 Å². The zero-order chi connectivity index (χ0) is 16.3. The quantitative estimate of drug-likeness (QED) is 0.904. The van der Waals surface area contributed by atoms with Gasteiger partial charge in [0.25, 0.3) is 10.0 Å². The van der Waals surface area contributed by atoms with Gasteiger partial charge in [-0.15, -0.1) is 0 Å². The Labute approximate surface area is 134 Å². The maximum atomic E-state index is 12.6. The van der Waals surface area contributed by atoms with Gasteiger partial charge in [-0.2, -0.15) is 0 Å². The molecule has 0 aliphatic carbocycles. The third-order valence-electron chi connectivity index (χ3n) is 3.09. The molecule has 2 aromatic rings. The van der Waals surface area contributed by atoms with Gasteiger partial charge >= 0.3 is 0 Å². The van der Waals surface area contributed by atoms with Gasteiger partial charge in [0, 0.05) is 0 Å². The average molecular weight is 342 g/mol. The van der Waals surface area contributed by atoms with Gasteiger partial charge in [0.15, 0.2) is 0 Å². The molecule has 2 rings (SSSR count). The summed E-state index contributed by atoms with van der Waals surface area (Å²) in [6.45, 7) is 1.68.